The average molecular weight is 280 g/mol. The minimum atomic E-state index is -0.384. The summed E-state index contributed by atoms with van der Waals surface area (Å²) in [4.78, 5) is 14.3. The summed E-state index contributed by atoms with van der Waals surface area (Å²) >= 11 is 4.90. The van der Waals surface area contributed by atoms with Gasteiger partial charge in [0.25, 0.3) is 5.91 Å². The number of rotatable bonds is 2. The summed E-state index contributed by atoms with van der Waals surface area (Å²) in [5, 5.41) is 9.37. The number of carbonyl (C=O) groups is 1. The zero-order valence-corrected chi connectivity index (χ0v) is 11.4. The molecule has 1 fully saturated rings. The second-order valence-electron chi connectivity index (χ2n) is 4.51. The Bertz CT molecular complexity index is 519. The molecule has 1 aliphatic heterocycles. The smallest absolute Gasteiger partial charge is 0.254 e. The van der Waals surface area contributed by atoms with Crippen LogP contribution in [-0.4, -0.2) is 46.7 Å². The highest BCUT2D eigenvalue weighted by molar-refractivity contribution is 7.80. The number of phenols is 1. The number of nitrogens with two attached hydrogens (primary N) is 1. The van der Waals surface area contributed by atoms with Crippen molar-refractivity contribution in [1.29, 1.82) is 0 Å². The fraction of sp³-hybridized carbons (Fsp3) is 0.385. The third-order valence-corrected chi connectivity index (χ3v) is 3.37. The number of phenolic OH excluding ortho intramolecular Hbond substituents is 1. The van der Waals surface area contributed by atoms with Crippen LogP contribution in [0.1, 0.15) is 15.9 Å². The highest BCUT2D eigenvalue weighted by Gasteiger charge is 2.27. The third kappa shape index (κ3) is 3.02. The molecule has 0 aromatic heterocycles. The highest BCUT2D eigenvalue weighted by Crippen LogP contribution is 2.18. The van der Waals surface area contributed by atoms with Crippen LogP contribution >= 0.6 is 12.2 Å². The summed E-state index contributed by atoms with van der Waals surface area (Å²) in [6.45, 7) is 3.09. The van der Waals surface area contributed by atoms with Gasteiger partial charge in [0.2, 0.25) is 0 Å². The van der Waals surface area contributed by atoms with Crippen LogP contribution in [0.25, 0.3) is 0 Å². The summed E-state index contributed by atoms with van der Waals surface area (Å²) in [6, 6.07) is 4.70. The van der Waals surface area contributed by atoms with Gasteiger partial charge >= 0.3 is 0 Å². The first-order valence-electron chi connectivity index (χ1n) is 5.99. The number of carbonyl (C=O) groups excluding carboxylic acids is 1. The van der Waals surface area contributed by atoms with E-state index in [2.05, 4.69) is 0 Å². The fourth-order valence-corrected chi connectivity index (χ4v) is 2.21. The molecule has 19 heavy (non-hydrogen) atoms. The molecule has 1 atom stereocenters. The van der Waals surface area contributed by atoms with Crippen LogP contribution < -0.4 is 5.73 Å². The zero-order chi connectivity index (χ0) is 14.0. The van der Waals surface area contributed by atoms with Crippen LogP contribution in [0.5, 0.6) is 5.75 Å². The highest BCUT2D eigenvalue weighted by atomic mass is 32.1. The summed E-state index contributed by atoms with van der Waals surface area (Å²) in [7, 11) is 0. The van der Waals surface area contributed by atoms with Crippen molar-refractivity contribution in [1.82, 2.24) is 4.90 Å². The minimum absolute atomic E-state index is 0.0953. The first-order chi connectivity index (χ1) is 8.99. The van der Waals surface area contributed by atoms with Gasteiger partial charge in [-0.3, -0.25) is 4.79 Å². The fourth-order valence-electron chi connectivity index (χ4n) is 2.06. The molecule has 1 aliphatic rings. The first-order valence-corrected chi connectivity index (χ1v) is 6.39. The van der Waals surface area contributed by atoms with Crippen molar-refractivity contribution in [3.8, 4) is 5.75 Å². The molecule has 0 aliphatic carbocycles. The van der Waals surface area contributed by atoms with Gasteiger partial charge < -0.3 is 20.5 Å². The quantitative estimate of drug-likeness (QED) is 0.785. The van der Waals surface area contributed by atoms with Crippen LogP contribution in [0.3, 0.4) is 0 Å². The van der Waals surface area contributed by atoms with Gasteiger partial charge in [0.05, 0.1) is 13.2 Å². The molecule has 0 saturated carbocycles. The molecular formula is C13H16N2O3S. The Balaban J connectivity index is 2.17. The first kappa shape index (κ1) is 13.8. The molecular weight excluding hydrogens is 264 g/mol. The van der Waals surface area contributed by atoms with Crippen molar-refractivity contribution in [3.63, 3.8) is 0 Å². The number of aromatic hydroxyl groups is 1. The number of aryl methyl sites for hydroxylation is 1. The second kappa shape index (κ2) is 5.54. The topological polar surface area (TPSA) is 75.8 Å². The Morgan fingerprint density at radius 1 is 1.58 bits per heavy atom. The lowest BCUT2D eigenvalue weighted by atomic mass is 10.1. The summed E-state index contributed by atoms with van der Waals surface area (Å²) in [6.07, 6.45) is -0.384. The van der Waals surface area contributed by atoms with Gasteiger partial charge in [-0.05, 0) is 30.7 Å². The van der Waals surface area contributed by atoms with Crippen molar-refractivity contribution in [2.45, 2.75) is 13.0 Å². The van der Waals surface area contributed by atoms with Crippen LogP contribution in [0, 0.1) is 6.92 Å². The van der Waals surface area contributed by atoms with E-state index in [-0.39, 0.29) is 22.7 Å². The van der Waals surface area contributed by atoms with E-state index in [1.165, 1.54) is 6.07 Å². The largest absolute Gasteiger partial charge is 0.508 e. The lowest BCUT2D eigenvalue weighted by molar-refractivity contribution is 0.00875. The number of hydrogen-bond donors (Lipinski definition) is 2. The van der Waals surface area contributed by atoms with Crippen LogP contribution in [0.4, 0.5) is 0 Å². The number of hydrogen-bond acceptors (Lipinski definition) is 4. The lowest BCUT2D eigenvalue weighted by Crippen LogP contribution is -2.50. The van der Waals surface area contributed by atoms with Gasteiger partial charge in [0, 0.05) is 12.1 Å². The molecule has 1 saturated heterocycles. The maximum atomic E-state index is 12.4. The summed E-state index contributed by atoms with van der Waals surface area (Å²) in [5.41, 5.74) is 6.86. The van der Waals surface area contributed by atoms with Gasteiger partial charge in [-0.1, -0.05) is 12.2 Å². The van der Waals surface area contributed by atoms with E-state index in [1.54, 1.807) is 24.0 Å². The van der Waals surface area contributed by atoms with E-state index in [9.17, 15) is 9.90 Å². The normalized spacial score (nSPS) is 19.2. The van der Waals surface area contributed by atoms with Crippen molar-refractivity contribution < 1.29 is 14.6 Å². The Morgan fingerprint density at radius 3 is 2.95 bits per heavy atom. The SMILES string of the molecule is Cc1cc(O)ccc1C(=O)N1CCOC(C(N)=S)C1. The van der Waals surface area contributed by atoms with E-state index in [0.29, 0.717) is 25.3 Å². The molecule has 0 bridgehead atoms. The van der Waals surface area contributed by atoms with Crippen LogP contribution in [0.15, 0.2) is 18.2 Å². The molecule has 2 rings (SSSR count). The minimum Gasteiger partial charge on any atom is -0.508 e. The van der Waals surface area contributed by atoms with Crippen molar-refractivity contribution >= 4 is 23.1 Å². The van der Waals surface area contributed by atoms with E-state index in [0.717, 1.165) is 5.56 Å². The third-order valence-electron chi connectivity index (χ3n) is 3.11. The number of morpholine rings is 1. The predicted octanol–water partition coefficient (Wildman–Crippen LogP) is 0.828. The molecule has 102 valence electrons. The van der Waals surface area contributed by atoms with Gasteiger partial charge in [0.1, 0.15) is 16.8 Å². The summed E-state index contributed by atoms with van der Waals surface area (Å²) < 4.78 is 5.40. The molecule has 5 nitrogen and oxygen atoms in total. The van der Waals surface area contributed by atoms with Gasteiger partial charge in [-0.25, -0.2) is 0 Å². The number of nitrogens with zero attached hydrogens (tertiary/aromatic N) is 1. The Labute approximate surface area is 117 Å². The molecule has 6 heteroatoms. The van der Waals surface area contributed by atoms with Crippen LogP contribution in [0.2, 0.25) is 0 Å². The van der Waals surface area contributed by atoms with E-state index >= 15 is 0 Å². The van der Waals surface area contributed by atoms with Gasteiger partial charge in [-0.2, -0.15) is 0 Å². The van der Waals surface area contributed by atoms with Crippen molar-refractivity contribution in [2.75, 3.05) is 19.7 Å². The zero-order valence-electron chi connectivity index (χ0n) is 10.6. The molecule has 1 amide bonds. The van der Waals surface area contributed by atoms with E-state index in [1.807, 2.05) is 0 Å². The Hall–Kier alpha value is -1.66. The molecule has 1 heterocycles. The summed E-state index contributed by atoms with van der Waals surface area (Å²) in [5.74, 6) is 0.0547. The Kier molecular flexibility index (Phi) is 4.01. The molecule has 1 aromatic rings. The lowest BCUT2D eigenvalue weighted by Gasteiger charge is -2.32. The number of amides is 1. The predicted molar refractivity (Wildman–Crippen MR) is 75.3 cm³/mol. The maximum Gasteiger partial charge on any atom is 0.254 e. The maximum absolute atomic E-state index is 12.4. The molecule has 0 spiro atoms. The monoisotopic (exact) mass is 280 g/mol. The van der Waals surface area contributed by atoms with E-state index in [4.69, 9.17) is 22.7 Å². The van der Waals surface area contributed by atoms with Gasteiger partial charge in [-0.15, -0.1) is 0 Å². The number of thiocarbonyl (C=S) groups is 1. The van der Waals surface area contributed by atoms with Gasteiger partial charge in [0.15, 0.2) is 0 Å². The van der Waals surface area contributed by atoms with Crippen molar-refractivity contribution in [2.24, 2.45) is 5.73 Å². The molecule has 1 aromatic carbocycles. The second-order valence-corrected chi connectivity index (χ2v) is 4.98. The Morgan fingerprint density at radius 2 is 2.32 bits per heavy atom. The average Bonchev–Trinajstić information content (AvgIpc) is 2.38. The number of ether oxygens (including phenoxy) is 1. The molecule has 1 unspecified atom stereocenters. The van der Waals surface area contributed by atoms with Crippen molar-refractivity contribution in [3.05, 3.63) is 29.3 Å². The standard InChI is InChI=1S/C13H16N2O3S/c1-8-6-9(16)2-3-10(8)13(17)15-4-5-18-11(7-15)12(14)19/h2-3,6,11,16H,4-5,7H2,1H3,(H2,14,19). The van der Waals surface area contributed by atoms with Crippen LogP contribution in [-0.2, 0) is 4.74 Å². The molecule has 3 N–H and O–H groups in total. The van der Waals surface area contributed by atoms with E-state index < -0.39 is 0 Å². The molecule has 0 radical (unpaired) electrons. The number of benzene rings is 1.